The Balaban J connectivity index is 1.62. The molecule has 0 bridgehead atoms. The number of imide groups is 1. The highest BCUT2D eigenvalue weighted by atomic mass is 19.1. The van der Waals surface area contributed by atoms with Gasteiger partial charge in [0.2, 0.25) is 0 Å². The minimum atomic E-state index is -0.395. The maximum Gasteiger partial charge on any atom is 0.278 e. The second-order valence-electron chi connectivity index (χ2n) is 7.47. The van der Waals surface area contributed by atoms with E-state index < -0.39 is 5.82 Å². The number of nitrogens with zero attached hydrogens (tertiary/aromatic N) is 2. The van der Waals surface area contributed by atoms with Crippen LogP contribution in [0.15, 0.2) is 54.2 Å². The summed E-state index contributed by atoms with van der Waals surface area (Å²) in [6, 6.07) is 13.2. The Morgan fingerprint density at radius 2 is 1.73 bits per heavy atom. The van der Waals surface area contributed by atoms with E-state index >= 15 is 0 Å². The minimum absolute atomic E-state index is 0.221. The molecule has 2 heterocycles. The molecule has 0 aromatic heterocycles. The Bertz CT molecular complexity index is 981. The van der Waals surface area contributed by atoms with Crippen LogP contribution in [0.2, 0.25) is 0 Å². The van der Waals surface area contributed by atoms with Gasteiger partial charge >= 0.3 is 0 Å². The van der Waals surface area contributed by atoms with Crippen molar-refractivity contribution in [1.82, 2.24) is 9.80 Å². The van der Waals surface area contributed by atoms with Gasteiger partial charge in [-0.2, -0.15) is 0 Å². The second kappa shape index (κ2) is 8.77. The number of hydrogen-bond donors (Lipinski definition) is 1. The van der Waals surface area contributed by atoms with E-state index in [9.17, 15) is 14.0 Å². The zero-order valence-corrected chi connectivity index (χ0v) is 16.9. The van der Waals surface area contributed by atoms with Gasteiger partial charge in [0.05, 0.1) is 18.8 Å². The van der Waals surface area contributed by atoms with Gasteiger partial charge in [0.25, 0.3) is 11.8 Å². The topological polar surface area (TPSA) is 61.9 Å². The van der Waals surface area contributed by atoms with Gasteiger partial charge in [-0.1, -0.05) is 24.3 Å². The number of carbonyl (C=O) groups is 2. The second-order valence-corrected chi connectivity index (χ2v) is 7.47. The normalized spacial score (nSPS) is 17.7. The van der Waals surface area contributed by atoms with Crippen molar-refractivity contribution in [2.75, 3.05) is 44.7 Å². The van der Waals surface area contributed by atoms with Crippen LogP contribution in [0.4, 0.5) is 10.1 Å². The molecule has 2 aromatic carbocycles. The van der Waals surface area contributed by atoms with Crippen LogP contribution >= 0.6 is 0 Å². The summed E-state index contributed by atoms with van der Waals surface area (Å²) in [5.41, 5.74) is 2.76. The van der Waals surface area contributed by atoms with Gasteiger partial charge < -0.3 is 10.1 Å². The SMILES string of the molecule is Cc1cccc(NC2=C(c3ccc(F)cc3)C(=O)N(CCN3CCOCC3)C2=O)c1. The Hall–Kier alpha value is -3.03. The number of nitrogens with one attached hydrogen (secondary N) is 1. The molecule has 2 aromatic rings. The Morgan fingerprint density at radius 1 is 1.00 bits per heavy atom. The predicted molar refractivity (Wildman–Crippen MR) is 112 cm³/mol. The number of benzene rings is 2. The molecule has 2 aliphatic heterocycles. The highest BCUT2D eigenvalue weighted by Gasteiger charge is 2.39. The number of aryl methyl sites for hydroxylation is 1. The van der Waals surface area contributed by atoms with Crippen molar-refractivity contribution in [3.63, 3.8) is 0 Å². The van der Waals surface area contributed by atoms with Gasteiger partial charge in [0.1, 0.15) is 11.5 Å². The standard InChI is InChI=1S/C23H24FN3O3/c1-16-3-2-4-19(15-16)25-21-20(17-5-7-18(24)8-6-17)22(28)27(23(21)29)10-9-26-11-13-30-14-12-26/h2-8,15,25H,9-14H2,1H3. The first-order valence-corrected chi connectivity index (χ1v) is 10.0. The minimum Gasteiger partial charge on any atom is -0.379 e. The molecule has 1 saturated heterocycles. The summed E-state index contributed by atoms with van der Waals surface area (Å²) >= 11 is 0. The molecule has 0 aliphatic carbocycles. The van der Waals surface area contributed by atoms with E-state index in [2.05, 4.69) is 10.2 Å². The first-order chi connectivity index (χ1) is 14.5. The van der Waals surface area contributed by atoms with E-state index in [1.54, 1.807) is 0 Å². The van der Waals surface area contributed by atoms with Crippen molar-refractivity contribution in [2.45, 2.75) is 6.92 Å². The molecule has 2 amide bonds. The fraction of sp³-hybridized carbons (Fsp3) is 0.304. The molecule has 7 heteroatoms. The van der Waals surface area contributed by atoms with Crippen molar-refractivity contribution in [3.05, 3.63) is 71.2 Å². The molecular formula is C23H24FN3O3. The maximum absolute atomic E-state index is 13.4. The monoisotopic (exact) mass is 409 g/mol. The van der Waals surface area contributed by atoms with Crippen LogP contribution in [-0.4, -0.2) is 61.0 Å². The molecule has 0 radical (unpaired) electrons. The van der Waals surface area contributed by atoms with Crippen LogP contribution in [0.1, 0.15) is 11.1 Å². The molecule has 4 rings (SSSR count). The average Bonchev–Trinajstić information content (AvgIpc) is 2.97. The third-order valence-corrected chi connectivity index (χ3v) is 5.33. The highest BCUT2D eigenvalue weighted by molar-refractivity contribution is 6.36. The summed E-state index contributed by atoms with van der Waals surface area (Å²) in [6.07, 6.45) is 0. The molecule has 0 unspecified atom stereocenters. The Kier molecular flexibility index (Phi) is 5.92. The fourth-order valence-electron chi connectivity index (χ4n) is 3.71. The van der Waals surface area contributed by atoms with Gasteiger partial charge in [-0.05, 0) is 42.3 Å². The summed E-state index contributed by atoms with van der Waals surface area (Å²) in [7, 11) is 0. The Morgan fingerprint density at radius 3 is 2.43 bits per heavy atom. The largest absolute Gasteiger partial charge is 0.379 e. The third kappa shape index (κ3) is 4.27. The van der Waals surface area contributed by atoms with Crippen molar-refractivity contribution < 1.29 is 18.7 Å². The summed E-state index contributed by atoms with van der Waals surface area (Å²) < 4.78 is 18.8. The summed E-state index contributed by atoms with van der Waals surface area (Å²) in [5.74, 6) is -1.13. The number of anilines is 1. The van der Waals surface area contributed by atoms with E-state index in [0.29, 0.717) is 31.9 Å². The van der Waals surface area contributed by atoms with Gasteiger partial charge in [-0.15, -0.1) is 0 Å². The molecule has 1 N–H and O–H groups in total. The Labute approximate surface area is 174 Å². The van der Waals surface area contributed by atoms with Crippen molar-refractivity contribution in [3.8, 4) is 0 Å². The number of halogens is 1. The van der Waals surface area contributed by atoms with Crippen molar-refractivity contribution >= 4 is 23.1 Å². The van der Waals surface area contributed by atoms with Crippen molar-refractivity contribution in [1.29, 1.82) is 0 Å². The molecule has 30 heavy (non-hydrogen) atoms. The molecule has 156 valence electrons. The number of amides is 2. The third-order valence-electron chi connectivity index (χ3n) is 5.33. The smallest absolute Gasteiger partial charge is 0.278 e. The van der Waals surface area contributed by atoms with Gasteiger partial charge in [0.15, 0.2) is 0 Å². The number of hydrogen-bond acceptors (Lipinski definition) is 5. The van der Waals surface area contributed by atoms with Crippen LogP contribution in [0.3, 0.4) is 0 Å². The summed E-state index contributed by atoms with van der Waals surface area (Å²) in [5, 5.41) is 3.13. The van der Waals surface area contributed by atoms with E-state index in [1.165, 1.54) is 29.2 Å². The lowest BCUT2D eigenvalue weighted by molar-refractivity contribution is -0.137. The van der Waals surface area contributed by atoms with E-state index in [4.69, 9.17) is 4.74 Å². The predicted octanol–water partition coefficient (Wildman–Crippen LogP) is 2.66. The molecule has 1 fully saturated rings. The van der Waals surface area contributed by atoms with E-state index in [-0.39, 0.29) is 23.1 Å². The first kappa shape index (κ1) is 20.3. The van der Waals surface area contributed by atoms with Crippen molar-refractivity contribution in [2.24, 2.45) is 0 Å². The first-order valence-electron chi connectivity index (χ1n) is 10.0. The van der Waals surface area contributed by atoms with Gasteiger partial charge in [-0.3, -0.25) is 19.4 Å². The lowest BCUT2D eigenvalue weighted by Crippen LogP contribution is -2.43. The lowest BCUT2D eigenvalue weighted by Gasteiger charge is -2.28. The van der Waals surface area contributed by atoms with Crippen LogP contribution in [-0.2, 0) is 14.3 Å². The van der Waals surface area contributed by atoms with E-state index in [0.717, 1.165) is 24.3 Å². The number of carbonyl (C=O) groups excluding carboxylic acids is 2. The van der Waals surface area contributed by atoms with E-state index in [1.807, 2.05) is 31.2 Å². The summed E-state index contributed by atoms with van der Waals surface area (Å²) in [4.78, 5) is 29.9. The molecule has 6 nitrogen and oxygen atoms in total. The van der Waals surface area contributed by atoms with Gasteiger partial charge in [-0.25, -0.2) is 4.39 Å². The van der Waals surface area contributed by atoms with Crippen LogP contribution in [0.5, 0.6) is 0 Å². The van der Waals surface area contributed by atoms with Crippen LogP contribution in [0.25, 0.3) is 5.57 Å². The average molecular weight is 409 g/mol. The molecule has 0 saturated carbocycles. The molecular weight excluding hydrogens is 385 g/mol. The highest BCUT2D eigenvalue weighted by Crippen LogP contribution is 2.30. The van der Waals surface area contributed by atoms with Gasteiger partial charge in [0, 0.05) is 31.9 Å². The number of rotatable bonds is 6. The fourth-order valence-corrected chi connectivity index (χ4v) is 3.71. The summed E-state index contributed by atoms with van der Waals surface area (Å²) in [6.45, 7) is 5.71. The zero-order valence-electron chi connectivity index (χ0n) is 16.9. The maximum atomic E-state index is 13.4. The quantitative estimate of drug-likeness (QED) is 0.744. The lowest BCUT2D eigenvalue weighted by atomic mass is 10.0. The zero-order chi connectivity index (χ0) is 21.1. The molecule has 0 spiro atoms. The number of ether oxygens (including phenoxy) is 1. The van der Waals surface area contributed by atoms with Crippen LogP contribution < -0.4 is 5.32 Å². The number of morpholine rings is 1. The van der Waals surface area contributed by atoms with Crippen LogP contribution in [0, 0.1) is 12.7 Å². The molecule has 2 aliphatic rings. The molecule has 0 atom stereocenters.